The van der Waals surface area contributed by atoms with Gasteiger partial charge in [-0.3, -0.25) is 14.4 Å². The third kappa shape index (κ3) is 4.67. The molecule has 5 heterocycles. The van der Waals surface area contributed by atoms with Crippen molar-refractivity contribution in [3.63, 3.8) is 0 Å². The number of rotatable bonds is 6. The number of carbonyl (C=O) groups excluding carboxylic acids is 3. The Bertz CT molecular complexity index is 1880. The zero-order valence-corrected chi connectivity index (χ0v) is 27.9. The molecule has 0 radical (unpaired) electrons. The number of ketones is 1. The van der Waals surface area contributed by atoms with Gasteiger partial charge in [-0.25, -0.2) is 0 Å². The summed E-state index contributed by atoms with van der Waals surface area (Å²) < 4.78 is 5.16. The van der Waals surface area contributed by atoms with Crippen LogP contribution in [-0.4, -0.2) is 48.2 Å². The molecular formula is C35H36MgN4O4-2. The Kier molecular flexibility index (Phi) is 8.75. The molecule has 1 fully saturated rings. The molecule has 3 aliphatic rings. The fraction of sp³-hybridized carbons (Fsp3) is 0.400. The number of Topliss-reactive ketones (excluding diaryl/α,β-unsaturated/α-hetero) is 1. The minimum absolute atomic E-state index is 0. The van der Waals surface area contributed by atoms with Crippen molar-refractivity contribution in [3.8, 4) is 0 Å². The van der Waals surface area contributed by atoms with Gasteiger partial charge in [0.25, 0.3) is 0 Å². The van der Waals surface area contributed by atoms with Gasteiger partial charge in [-0.2, -0.15) is 11.4 Å². The fourth-order valence-corrected chi connectivity index (χ4v) is 7.13. The van der Waals surface area contributed by atoms with Crippen LogP contribution in [0.3, 0.4) is 0 Å². The SMILES string of the molecule is CCC[C@@H]1/C2=C3/c4[n-]c(c(C)c4C(=O)[C@@H]3C(=O)OC)/C=c3\[n-]/c(c(C=O)c3CC)=C\c3[n-]c(c(C)c3CC)/C=C(\[N-]2)[C@H]1C.[Mg+2]. The number of aldehydes is 1. The summed E-state index contributed by atoms with van der Waals surface area (Å²) in [6, 6.07) is 0. The number of esters is 1. The number of fused-ring (bicyclic) bond motifs is 7. The first-order valence-electron chi connectivity index (χ1n) is 15.2. The van der Waals surface area contributed by atoms with Crippen LogP contribution in [0, 0.1) is 31.6 Å². The second kappa shape index (κ2) is 12.1. The number of aromatic nitrogens is 3. The molecule has 0 amide bonds. The number of methoxy groups -OCH3 is 1. The Morgan fingerprint density at radius 3 is 2.25 bits per heavy atom. The topological polar surface area (TPSA) is 117 Å². The maximum Gasteiger partial charge on any atom is 2.00 e. The molecule has 3 aromatic heterocycles. The summed E-state index contributed by atoms with van der Waals surface area (Å²) in [5, 5.41) is 6.38. The molecule has 1 aliphatic carbocycles. The normalized spacial score (nSPS) is 24.4. The van der Waals surface area contributed by atoms with E-state index in [2.05, 4.69) is 27.7 Å². The molecule has 0 unspecified atom stereocenters. The van der Waals surface area contributed by atoms with Crippen LogP contribution < -0.4 is 25.7 Å². The van der Waals surface area contributed by atoms with Crippen LogP contribution in [0.4, 0.5) is 0 Å². The third-order valence-corrected chi connectivity index (χ3v) is 9.46. The standard InChI is InChI=1S/C35H37N4O4.Mg/c1-8-11-21-17(5)24-12-23-16(4)19(9-2)26(36-23)14-28-22(15-40)20(10-3)27(37-28)13-25-18(6)29-33(39-25)30(32(21)38-24)31(34(29)41)35(42)43-7;/h12-15,17,21,31H,8-11H2,1-7H3,(H-,38,39,40,41);/q-3;+2/p-1/b24-12-,28-14-;/t17-,21-,31+;/m0./s1. The van der Waals surface area contributed by atoms with Crippen molar-refractivity contribution in [1.82, 2.24) is 15.0 Å². The van der Waals surface area contributed by atoms with Gasteiger partial charge in [0, 0.05) is 11.1 Å². The van der Waals surface area contributed by atoms with Gasteiger partial charge in [0.1, 0.15) is 12.2 Å². The van der Waals surface area contributed by atoms with Crippen molar-refractivity contribution < 1.29 is 19.1 Å². The van der Waals surface area contributed by atoms with Crippen molar-refractivity contribution in [2.75, 3.05) is 7.11 Å². The molecule has 224 valence electrons. The van der Waals surface area contributed by atoms with Crippen LogP contribution in [0.25, 0.3) is 29.1 Å². The van der Waals surface area contributed by atoms with Gasteiger partial charge in [0.05, 0.1) is 7.11 Å². The van der Waals surface area contributed by atoms with Crippen LogP contribution in [0.15, 0.2) is 11.4 Å². The minimum Gasteiger partial charge on any atom is -0.664 e. The number of hydrogen-bond donors (Lipinski definition) is 0. The molecule has 3 aromatic rings. The van der Waals surface area contributed by atoms with E-state index in [1.807, 2.05) is 32.1 Å². The van der Waals surface area contributed by atoms with Crippen molar-refractivity contribution in [1.29, 1.82) is 0 Å². The van der Waals surface area contributed by atoms with Gasteiger partial charge in [-0.05, 0) is 44.9 Å². The number of ether oxygens (including phenoxy) is 1. The van der Waals surface area contributed by atoms with Crippen molar-refractivity contribution in [2.45, 2.75) is 67.2 Å². The average molecular weight is 601 g/mol. The number of hydrogen-bond acceptors (Lipinski definition) is 4. The summed E-state index contributed by atoms with van der Waals surface area (Å²) in [4.78, 5) is 54.4. The molecule has 0 N–H and O–H groups in total. The largest absolute Gasteiger partial charge is 2.00 e. The predicted molar refractivity (Wildman–Crippen MR) is 171 cm³/mol. The first-order chi connectivity index (χ1) is 20.7. The number of nitrogens with zero attached hydrogens (tertiary/aromatic N) is 4. The molecule has 1 saturated heterocycles. The monoisotopic (exact) mass is 600 g/mol. The smallest absolute Gasteiger partial charge is 0.664 e. The van der Waals surface area contributed by atoms with E-state index in [9.17, 15) is 14.4 Å². The van der Waals surface area contributed by atoms with E-state index in [1.165, 1.54) is 7.11 Å². The van der Waals surface area contributed by atoms with E-state index < -0.39 is 11.9 Å². The second-order valence-corrected chi connectivity index (χ2v) is 11.7. The Morgan fingerprint density at radius 1 is 0.932 bits per heavy atom. The van der Waals surface area contributed by atoms with Crippen molar-refractivity contribution in [2.24, 2.45) is 17.8 Å². The molecule has 6 rings (SSSR count). The van der Waals surface area contributed by atoms with Gasteiger partial charge < -0.3 is 25.0 Å². The van der Waals surface area contributed by atoms with Gasteiger partial charge in [0.2, 0.25) is 0 Å². The zero-order valence-electron chi connectivity index (χ0n) is 26.5. The van der Waals surface area contributed by atoms with Crippen LogP contribution in [-0.2, 0) is 22.4 Å². The van der Waals surface area contributed by atoms with Crippen molar-refractivity contribution in [3.05, 3.63) is 83.6 Å². The van der Waals surface area contributed by atoms with Gasteiger partial charge in [0.15, 0.2) is 5.78 Å². The van der Waals surface area contributed by atoms with E-state index in [4.69, 9.17) is 25.0 Å². The Morgan fingerprint density at radius 2 is 1.61 bits per heavy atom. The molecule has 0 spiro atoms. The summed E-state index contributed by atoms with van der Waals surface area (Å²) >= 11 is 0. The van der Waals surface area contributed by atoms with Gasteiger partial charge >= 0.3 is 29.0 Å². The van der Waals surface area contributed by atoms with E-state index in [0.29, 0.717) is 50.8 Å². The van der Waals surface area contributed by atoms with E-state index in [0.717, 1.165) is 65.0 Å². The van der Waals surface area contributed by atoms with Gasteiger partial charge in [-0.15, -0.1) is 33.5 Å². The summed E-state index contributed by atoms with van der Waals surface area (Å²) in [5.74, 6) is -1.98. The molecule has 0 saturated carbocycles. The summed E-state index contributed by atoms with van der Waals surface area (Å²) in [6.45, 7) is 12.3. The van der Waals surface area contributed by atoms with Crippen molar-refractivity contribution >= 4 is 64.9 Å². The van der Waals surface area contributed by atoms with E-state index >= 15 is 0 Å². The maximum absolute atomic E-state index is 14.0. The fourth-order valence-electron chi connectivity index (χ4n) is 7.13. The van der Waals surface area contributed by atoms with Crippen LogP contribution in [0.2, 0.25) is 0 Å². The number of carbonyl (C=O) groups is 3. The van der Waals surface area contributed by atoms with E-state index in [-0.39, 0.29) is 40.7 Å². The summed E-state index contributed by atoms with van der Waals surface area (Å²) in [6.07, 6.45) is 9.79. The average Bonchev–Trinajstić information content (AvgIpc) is 3.74. The third-order valence-electron chi connectivity index (χ3n) is 9.46. The van der Waals surface area contributed by atoms with Crippen LogP contribution in [0.1, 0.15) is 106 Å². The molecule has 8 bridgehead atoms. The first kappa shape index (κ1) is 31.8. The van der Waals surface area contributed by atoms with Crippen LogP contribution in [0.5, 0.6) is 0 Å². The van der Waals surface area contributed by atoms with Crippen LogP contribution >= 0.6 is 0 Å². The molecule has 3 atom stereocenters. The molecule has 44 heavy (non-hydrogen) atoms. The molecule has 2 aliphatic heterocycles. The second-order valence-electron chi connectivity index (χ2n) is 11.7. The maximum atomic E-state index is 14.0. The Labute approximate surface area is 273 Å². The summed E-state index contributed by atoms with van der Waals surface area (Å²) in [5.41, 5.74) is 9.47. The minimum atomic E-state index is -1.11. The molecular weight excluding hydrogens is 565 g/mol. The molecule has 8 nitrogen and oxygen atoms in total. The molecule has 0 aromatic carbocycles. The summed E-state index contributed by atoms with van der Waals surface area (Å²) in [7, 11) is 1.31. The Balaban J connectivity index is 0.00000384. The predicted octanol–water partition coefficient (Wildman–Crippen LogP) is 3.88. The molecule has 9 heteroatoms. The quantitative estimate of drug-likeness (QED) is 0.182. The van der Waals surface area contributed by atoms with E-state index in [1.54, 1.807) is 0 Å². The number of allylic oxidation sites excluding steroid dienone is 2. The first-order valence-corrected chi connectivity index (χ1v) is 15.2. The van der Waals surface area contributed by atoms with Gasteiger partial charge in [-0.1, -0.05) is 80.2 Å². The Hall–Kier alpha value is -3.56. The zero-order chi connectivity index (χ0) is 30.7.